The molecule has 31 heavy (non-hydrogen) atoms. The quantitative estimate of drug-likeness (QED) is 0.205. The standard InChI is InChI=1S/C26H15ClN2O2/c27-22-8-4-3-5-18(22)11-9-17-10-12-21-23(29-30)15-26(31-25(21)13-17)24-14-19-6-1-2-7-20(19)16-28-24/h1-8,10,12-16,30H/b29-23-. The van der Waals surface area contributed by atoms with E-state index in [9.17, 15) is 5.21 Å². The van der Waals surface area contributed by atoms with E-state index < -0.39 is 0 Å². The Morgan fingerprint density at radius 3 is 2.52 bits per heavy atom. The lowest BCUT2D eigenvalue weighted by Crippen LogP contribution is -2.04. The lowest BCUT2D eigenvalue weighted by molar-refractivity contribution is 0.302. The van der Waals surface area contributed by atoms with Gasteiger partial charge in [-0.15, -0.1) is 0 Å². The second kappa shape index (κ2) is 7.98. The molecule has 0 bridgehead atoms. The summed E-state index contributed by atoms with van der Waals surface area (Å²) in [5.41, 5.74) is 2.70. The molecule has 1 N–H and O–H groups in total. The summed E-state index contributed by atoms with van der Waals surface area (Å²) in [5, 5.41) is 16.8. The Bertz CT molecular complexity index is 1580. The number of nitrogens with zero attached hydrogens (tertiary/aromatic N) is 2. The van der Waals surface area contributed by atoms with E-state index in [0.717, 1.165) is 21.9 Å². The van der Waals surface area contributed by atoms with Crippen molar-refractivity contribution in [3.8, 4) is 23.3 Å². The van der Waals surface area contributed by atoms with Crippen LogP contribution in [0.3, 0.4) is 0 Å². The van der Waals surface area contributed by atoms with Gasteiger partial charge in [-0.25, -0.2) is 0 Å². The maximum atomic E-state index is 9.55. The van der Waals surface area contributed by atoms with Crippen molar-refractivity contribution in [1.82, 2.24) is 4.98 Å². The van der Waals surface area contributed by atoms with Crippen LogP contribution in [0.25, 0.3) is 33.2 Å². The first-order valence-electron chi connectivity index (χ1n) is 9.59. The SMILES string of the molecule is O/N=c1/cc(-c2cc3ccccc3cn2)oc2cc(C#Cc3ccccc3Cl)ccc12. The van der Waals surface area contributed by atoms with Crippen molar-refractivity contribution in [2.24, 2.45) is 5.16 Å². The summed E-state index contributed by atoms with van der Waals surface area (Å²) in [7, 11) is 0. The van der Waals surface area contributed by atoms with Crippen molar-refractivity contribution in [3.63, 3.8) is 0 Å². The van der Waals surface area contributed by atoms with Crippen LogP contribution in [0.15, 0.2) is 94.6 Å². The van der Waals surface area contributed by atoms with Gasteiger partial charge in [-0.1, -0.05) is 65.0 Å². The van der Waals surface area contributed by atoms with Gasteiger partial charge >= 0.3 is 0 Å². The molecule has 0 atom stereocenters. The van der Waals surface area contributed by atoms with E-state index in [1.165, 1.54) is 0 Å². The third-order valence-corrected chi connectivity index (χ3v) is 5.28. The van der Waals surface area contributed by atoms with Gasteiger partial charge in [0.25, 0.3) is 0 Å². The molecule has 0 amide bonds. The first kappa shape index (κ1) is 18.9. The summed E-state index contributed by atoms with van der Waals surface area (Å²) in [5.74, 6) is 6.69. The van der Waals surface area contributed by atoms with Crippen LogP contribution in [-0.2, 0) is 0 Å². The zero-order valence-electron chi connectivity index (χ0n) is 16.2. The van der Waals surface area contributed by atoms with Crippen molar-refractivity contribution >= 4 is 33.3 Å². The highest BCUT2D eigenvalue weighted by atomic mass is 35.5. The van der Waals surface area contributed by atoms with Gasteiger partial charge in [-0.3, -0.25) is 4.98 Å². The summed E-state index contributed by atoms with van der Waals surface area (Å²) < 4.78 is 6.13. The third kappa shape index (κ3) is 3.75. The highest BCUT2D eigenvalue weighted by Gasteiger charge is 2.09. The van der Waals surface area contributed by atoms with E-state index in [-0.39, 0.29) is 0 Å². The van der Waals surface area contributed by atoms with Crippen LogP contribution < -0.4 is 5.36 Å². The smallest absolute Gasteiger partial charge is 0.155 e. The van der Waals surface area contributed by atoms with E-state index in [4.69, 9.17) is 16.0 Å². The zero-order chi connectivity index (χ0) is 21.2. The van der Waals surface area contributed by atoms with Crippen LogP contribution in [0.4, 0.5) is 0 Å². The number of halogens is 1. The molecule has 0 spiro atoms. The molecule has 3 aromatic carbocycles. The molecule has 5 heteroatoms. The summed E-state index contributed by atoms with van der Waals surface area (Å²) in [6.45, 7) is 0. The zero-order valence-corrected chi connectivity index (χ0v) is 17.0. The van der Waals surface area contributed by atoms with E-state index in [0.29, 0.717) is 32.8 Å². The predicted octanol–water partition coefficient (Wildman–Crippen LogP) is 5.99. The lowest BCUT2D eigenvalue weighted by Gasteiger charge is -2.05. The van der Waals surface area contributed by atoms with Gasteiger partial charge in [0, 0.05) is 34.2 Å². The Morgan fingerprint density at radius 2 is 1.68 bits per heavy atom. The largest absolute Gasteiger partial charge is 0.454 e. The average Bonchev–Trinajstić information content (AvgIpc) is 2.82. The number of fused-ring (bicyclic) bond motifs is 2. The van der Waals surface area contributed by atoms with Crippen LogP contribution in [-0.4, -0.2) is 10.2 Å². The van der Waals surface area contributed by atoms with Crippen molar-refractivity contribution < 1.29 is 9.62 Å². The number of hydrogen-bond donors (Lipinski definition) is 1. The minimum Gasteiger partial charge on any atom is -0.454 e. The fourth-order valence-corrected chi connectivity index (χ4v) is 3.56. The number of rotatable bonds is 1. The van der Waals surface area contributed by atoms with Crippen molar-refractivity contribution in [2.75, 3.05) is 0 Å². The topological polar surface area (TPSA) is 58.6 Å². The van der Waals surface area contributed by atoms with Crippen molar-refractivity contribution in [3.05, 3.63) is 107 Å². The molecule has 0 aliphatic carbocycles. The molecule has 0 aliphatic heterocycles. The molecular formula is C26H15ClN2O2. The molecular weight excluding hydrogens is 408 g/mol. The minimum absolute atomic E-state index is 0.400. The van der Waals surface area contributed by atoms with Crippen LogP contribution in [0, 0.1) is 11.8 Å². The maximum absolute atomic E-state index is 9.55. The minimum atomic E-state index is 0.400. The number of pyridine rings is 1. The molecule has 2 aromatic heterocycles. The van der Waals surface area contributed by atoms with E-state index in [2.05, 4.69) is 22.0 Å². The molecule has 2 heterocycles. The second-order valence-corrected chi connectivity index (χ2v) is 7.36. The second-order valence-electron chi connectivity index (χ2n) is 6.95. The normalized spacial score (nSPS) is 11.5. The fraction of sp³-hybridized carbons (Fsp3) is 0. The molecule has 5 aromatic rings. The maximum Gasteiger partial charge on any atom is 0.155 e. The van der Waals surface area contributed by atoms with Gasteiger partial charge in [0.05, 0.1) is 5.02 Å². The fourth-order valence-electron chi connectivity index (χ4n) is 3.38. The molecule has 0 aliphatic rings. The summed E-state index contributed by atoms with van der Waals surface area (Å²) in [6, 6.07) is 24.5. The van der Waals surface area contributed by atoms with Gasteiger partial charge in [0.1, 0.15) is 16.6 Å². The Kier molecular flexibility index (Phi) is 4.87. The highest BCUT2D eigenvalue weighted by molar-refractivity contribution is 6.31. The number of hydrogen-bond acceptors (Lipinski definition) is 4. The molecule has 0 radical (unpaired) electrons. The monoisotopic (exact) mass is 422 g/mol. The Morgan fingerprint density at radius 1 is 0.871 bits per heavy atom. The third-order valence-electron chi connectivity index (χ3n) is 4.95. The summed E-state index contributed by atoms with van der Waals surface area (Å²) in [6.07, 6.45) is 1.80. The molecule has 0 saturated heterocycles. The summed E-state index contributed by atoms with van der Waals surface area (Å²) >= 11 is 6.19. The van der Waals surface area contributed by atoms with Gasteiger partial charge in [0.15, 0.2) is 5.76 Å². The highest BCUT2D eigenvalue weighted by Crippen LogP contribution is 2.24. The van der Waals surface area contributed by atoms with Crippen LogP contribution in [0.1, 0.15) is 11.1 Å². The molecule has 4 nitrogen and oxygen atoms in total. The lowest BCUT2D eigenvalue weighted by atomic mass is 10.1. The predicted molar refractivity (Wildman–Crippen MR) is 122 cm³/mol. The van der Waals surface area contributed by atoms with E-state index in [1.807, 2.05) is 66.7 Å². The first-order chi connectivity index (χ1) is 15.2. The molecule has 0 fully saturated rings. The molecule has 148 valence electrons. The van der Waals surface area contributed by atoms with Crippen molar-refractivity contribution in [1.29, 1.82) is 0 Å². The molecule has 0 saturated carbocycles. The van der Waals surface area contributed by atoms with Gasteiger partial charge in [-0.2, -0.15) is 0 Å². The summed E-state index contributed by atoms with van der Waals surface area (Å²) in [4.78, 5) is 4.51. The average molecular weight is 423 g/mol. The van der Waals surface area contributed by atoms with Crippen LogP contribution in [0.2, 0.25) is 5.02 Å². The van der Waals surface area contributed by atoms with Crippen LogP contribution >= 0.6 is 11.6 Å². The van der Waals surface area contributed by atoms with Crippen LogP contribution in [0.5, 0.6) is 0 Å². The molecule has 0 unspecified atom stereocenters. The van der Waals surface area contributed by atoms with Gasteiger partial charge < -0.3 is 9.62 Å². The van der Waals surface area contributed by atoms with Gasteiger partial charge in [0.2, 0.25) is 0 Å². The van der Waals surface area contributed by atoms with Gasteiger partial charge in [-0.05, 0) is 41.8 Å². The van der Waals surface area contributed by atoms with Crippen molar-refractivity contribution in [2.45, 2.75) is 0 Å². The van der Waals surface area contributed by atoms with E-state index in [1.54, 1.807) is 18.3 Å². The molecule has 5 rings (SSSR count). The number of aromatic nitrogens is 1. The Labute approximate surface area is 183 Å². The Hall–Kier alpha value is -4.07. The first-order valence-corrected chi connectivity index (χ1v) is 9.97. The Balaban J connectivity index is 1.63. The van der Waals surface area contributed by atoms with E-state index >= 15 is 0 Å². The number of benzene rings is 3.